The molecule has 1 aliphatic rings. The fourth-order valence-electron chi connectivity index (χ4n) is 3.04. The quantitative estimate of drug-likeness (QED) is 0.832. The van der Waals surface area contributed by atoms with Gasteiger partial charge in [0.15, 0.2) is 5.96 Å². The Balaban J connectivity index is 0.000000313. The molecule has 1 aliphatic heterocycles. The van der Waals surface area contributed by atoms with Gasteiger partial charge >= 0.3 is 0 Å². The van der Waals surface area contributed by atoms with Gasteiger partial charge in [-0.1, -0.05) is 18.2 Å². The standard InChI is InChI=1S/C14H20N4O2S.C7H7F/c1-9(19)17(3)8-10-12(20)18(4)13(15)16-14(10,2)11-6-5-7-21-11;1-6-3-2-4-7(8)5-6/h5-7,10H,8H2,1-4H3,(H2,15,16);2-5H,1H3. The van der Waals surface area contributed by atoms with Crippen molar-refractivity contribution in [2.45, 2.75) is 26.3 Å². The van der Waals surface area contributed by atoms with Crippen LogP contribution in [0.4, 0.5) is 4.39 Å². The Kier molecular flexibility index (Phi) is 7.13. The summed E-state index contributed by atoms with van der Waals surface area (Å²) in [6.45, 7) is 5.55. The molecule has 3 rings (SSSR count). The number of benzene rings is 1. The largest absolute Gasteiger partial charge is 0.369 e. The molecule has 29 heavy (non-hydrogen) atoms. The number of nitrogens with two attached hydrogens (primary N) is 1. The van der Waals surface area contributed by atoms with Gasteiger partial charge in [-0.15, -0.1) is 11.3 Å². The smallest absolute Gasteiger partial charge is 0.236 e. The van der Waals surface area contributed by atoms with Crippen LogP contribution in [0.5, 0.6) is 0 Å². The average molecular weight is 419 g/mol. The van der Waals surface area contributed by atoms with Crippen molar-refractivity contribution in [3.8, 4) is 0 Å². The number of nitrogens with zero attached hydrogens (tertiary/aromatic N) is 3. The van der Waals surface area contributed by atoms with Gasteiger partial charge in [0.1, 0.15) is 11.4 Å². The van der Waals surface area contributed by atoms with Crippen molar-refractivity contribution in [1.82, 2.24) is 9.80 Å². The number of hydrogen-bond donors (Lipinski definition) is 1. The molecule has 0 radical (unpaired) electrons. The fraction of sp³-hybridized carbons (Fsp3) is 0.381. The van der Waals surface area contributed by atoms with Gasteiger partial charge in [0.05, 0.1) is 5.92 Å². The van der Waals surface area contributed by atoms with Gasteiger partial charge in [0, 0.05) is 32.4 Å². The van der Waals surface area contributed by atoms with Crippen LogP contribution in [0, 0.1) is 18.7 Å². The molecule has 8 heteroatoms. The van der Waals surface area contributed by atoms with E-state index in [1.165, 1.54) is 35.3 Å². The third-order valence-electron chi connectivity index (χ3n) is 4.99. The van der Waals surface area contributed by atoms with Crippen molar-refractivity contribution < 1.29 is 14.0 Å². The van der Waals surface area contributed by atoms with Crippen molar-refractivity contribution in [3.05, 3.63) is 58.0 Å². The first-order valence-electron chi connectivity index (χ1n) is 9.17. The molecule has 0 fully saturated rings. The number of thiophene rings is 1. The zero-order valence-corrected chi connectivity index (χ0v) is 18.2. The van der Waals surface area contributed by atoms with Crippen molar-refractivity contribution in [1.29, 1.82) is 0 Å². The fourth-order valence-corrected chi connectivity index (χ4v) is 3.92. The second kappa shape index (κ2) is 9.17. The average Bonchev–Trinajstić information content (AvgIpc) is 3.19. The van der Waals surface area contributed by atoms with Gasteiger partial charge in [-0.3, -0.25) is 14.5 Å². The number of halogens is 1. The summed E-state index contributed by atoms with van der Waals surface area (Å²) in [5.41, 5.74) is 6.10. The molecular formula is C21H27FN4O2S. The second-order valence-electron chi connectivity index (χ2n) is 7.24. The lowest BCUT2D eigenvalue weighted by Gasteiger charge is -2.41. The molecule has 156 valence electrons. The van der Waals surface area contributed by atoms with Gasteiger partial charge < -0.3 is 10.6 Å². The van der Waals surface area contributed by atoms with Gasteiger partial charge in [-0.25, -0.2) is 9.38 Å². The lowest BCUT2D eigenvalue weighted by atomic mass is 9.82. The zero-order chi connectivity index (χ0) is 21.8. The highest BCUT2D eigenvalue weighted by Gasteiger charge is 2.47. The zero-order valence-electron chi connectivity index (χ0n) is 17.3. The summed E-state index contributed by atoms with van der Waals surface area (Å²) < 4.78 is 12.2. The maximum absolute atomic E-state index is 12.6. The molecule has 1 aromatic heterocycles. The minimum absolute atomic E-state index is 0.0819. The SMILES string of the molecule is CC(=O)N(C)CC1C(=O)N(C)C(N)=NC1(C)c1cccs1.Cc1cccc(F)c1. The predicted molar refractivity (Wildman–Crippen MR) is 114 cm³/mol. The van der Waals surface area contributed by atoms with E-state index >= 15 is 0 Å². The Hall–Kier alpha value is -2.74. The number of hydrogen-bond acceptors (Lipinski definition) is 5. The van der Waals surface area contributed by atoms with E-state index < -0.39 is 11.5 Å². The van der Waals surface area contributed by atoms with E-state index in [0.29, 0.717) is 6.54 Å². The summed E-state index contributed by atoms with van der Waals surface area (Å²) in [5, 5.41) is 1.95. The van der Waals surface area contributed by atoms with Crippen LogP contribution in [0.1, 0.15) is 24.3 Å². The summed E-state index contributed by atoms with van der Waals surface area (Å²) >= 11 is 1.54. The van der Waals surface area contributed by atoms with Crippen LogP contribution in [-0.2, 0) is 15.1 Å². The van der Waals surface area contributed by atoms with Crippen LogP contribution in [0.2, 0.25) is 0 Å². The molecule has 2 amide bonds. The number of carbonyl (C=O) groups excluding carboxylic acids is 2. The Labute approximate surface area is 174 Å². The minimum Gasteiger partial charge on any atom is -0.369 e. The summed E-state index contributed by atoms with van der Waals surface area (Å²) in [5.74, 6) is -0.613. The van der Waals surface area contributed by atoms with E-state index in [0.717, 1.165) is 10.4 Å². The van der Waals surface area contributed by atoms with E-state index in [-0.39, 0.29) is 23.6 Å². The molecule has 2 N–H and O–H groups in total. The molecule has 2 heterocycles. The second-order valence-corrected chi connectivity index (χ2v) is 8.19. The number of carbonyl (C=O) groups is 2. The van der Waals surface area contributed by atoms with Gasteiger partial charge in [-0.05, 0) is 43.0 Å². The van der Waals surface area contributed by atoms with Gasteiger partial charge in [-0.2, -0.15) is 0 Å². The number of rotatable bonds is 3. The molecule has 2 aromatic rings. The highest BCUT2D eigenvalue weighted by atomic mass is 32.1. The first kappa shape index (κ1) is 22.5. The van der Waals surface area contributed by atoms with Crippen molar-refractivity contribution in [2.24, 2.45) is 16.6 Å². The Morgan fingerprint density at radius 1 is 1.38 bits per heavy atom. The van der Waals surface area contributed by atoms with Gasteiger partial charge in [0.25, 0.3) is 0 Å². The third-order valence-corrected chi connectivity index (χ3v) is 6.09. The number of aryl methyl sites for hydroxylation is 1. The number of aliphatic imine (C=N–C) groups is 1. The van der Waals surface area contributed by atoms with E-state index in [1.807, 2.05) is 37.4 Å². The van der Waals surface area contributed by atoms with Crippen LogP contribution in [0.3, 0.4) is 0 Å². The Morgan fingerprint density at radius 2 is 2.07 bits per heavy atom. The van der Waals surface area contributed by atoms with E-state index in [2.05, 4.69) is 4.99 Å². The summed E-state index contributed by atoms with van der Waals surface area (Å²) in [6, 6.07) is 10.4. The summed E-state index contributed by atoms with van der Waals surface area (Å²) in [4.78, 5) is 32.6. The normalized spacial score (nSPS) is 21.2. The lowest BCUT2D eigenvalue weighted by molar-refractivity contribution is -0.137. The van der Waals surface area contributed by atoms with E-state index in [9.17, 15) is 14.0 Å². The summed E-state index contributed by atoms with van der Waals surface area (Å²) in [6.07, 6.45) is 0. The van der Waals surface area contributed by atoms with Crippen LogP contribution in [0.25, 0.3) is 0 Å². The third kappa shape index (κ3) is 5.20. The van der Waals surface area contributed by atoms with Crippen LogP contribution in [0.15, 0.2) is 46.8 Å². The highest BCUT2D eigenvalue weighted by molar-refractivity contribution is 7.10. The van der Waals surface area contributed by atoms with Crippen LogP contribution in [-0.4, -0.2) is 48.2 Å². The first-order chi connectivity index (χ1) is 13.6. The monoisotopic (exact) mass is 418 g/mol. The summed E-state index contributed by atoms with van der Waals surface area (Å²) in [7, 11) is 3.29. The highest BCUT2D eigenvalue weighted by Crippen LogP contribution is 2.40. The lowest BCUT2D eigenvalue weighted by Crippen LogP contribution is -2.56. The molecule has 2 unspecified atom stereocenters. The molecule has 6 nitrogen and oxygen atoms in total. The number of guanidine groups is 1. The molecule has 0 bridgehead atoms. The maximum atomic E-state index is 12.6. The maximum Gasteiger partial charge on any atom is 0.236 e. The molecule has 0 saturated heterocycles. The predicted octanol–water partition coefficient (Wildman–Crippen LogP) is 2.98. The molecule has 1 aromatic carbocycles. The topological polar surface area (TPSA) is 79.0 Å². The van der Waals surface area contributed by atoms with Crippen LogP contribution < -0.4 is 5.73 Å². The first-order valence-corrected chi connectivity index (χ1v) is 10.0. The van der Waals surface area contributed by atoms with Crippen molar-refractivity contribution in [3.63, 3.8) is 0 Å². The van der Waals surface area contributed by atoms with Crippen molar-refractivity contribution >= 4 is 29.1 Å². The molecular weight excluding hydrogens is 391 g/mol. The molecule has 2 atom stereocenters. The van der Waals surface area contributed by atoms with E-state index in [1.54, 1.807) is 25.1 Å². The van der Waals surface area contributed by atoms with Gasteiger partial charge in [0.2, 0.25) is 11.8 Å². The Morgan fingerprint density at radius 3 is 2.55 bits per heavy atom. The molecule has 0 spiro atoms. The van der Waals surface area contributed by atoms with Crippen molar-refractivity contribution in [2.75, 3.05) is 20.6 Å². The minimum atomic E-state index is -0.744. The number of amides is 2. The molecule has 0 saturated carbocycles. The van der Waals surface area contributed by atoms with E-state index in [4.69, 9.17) is 5.73 Å². The molecule has 0 aliphatic carbocycles. The Bertz CT molecular complexity index is 883. The van der Waals surface area contributed by atoms with Crippen LogP contribution >= 0.6 is 11.3 Å².